The molecule has 2 aromatic rings. The SMILES string of the molecule is Cc1nc2ccc(C3(CO)CCC3)cc2[nH]1. The number of aromatic nitrogens is 2. The van der Waals surface area contributed by atoms with Crippen LogP contribution in [-0.4, -0.2) is 21.7 Å². The van der Waals surface area contributed by atoms with Crippen molar-refractivity contribution in [3.05, 3.63) is 29.6 Å². The Kier molecular flexibility index (Phi) is 2.04. The summed E-state index contributed by atoms with van der Waals surface area (Å²) in [5, 5.41) is 9.54. The van der Waals surface area contributed by atoms with Crippen molar-refractivity contribution in [3.8, 4) is 0 Å². The van der Waals surface area contributed by atoms with Crippen LogP contribution < -0.4 is 0 Å². The van der Waals surface area contributed by atoms with E-state index in [1.165, 1.54) is 12.0 Å². The minimum atomic E-state index is 0.0210. The van der Waals surface area contributed by atoms with Crippen molar-refractivity contribution in [2.75, 3.05) is 6.61 Å². The number of fused-ring (bicyclic) bond motifs is 1. The topological polar surface area (TPSA) is 48.9 Å². The number of hydrogen-bond donors (Lipinski definition) is 2. The van der Waals surface area contributed by atoms with Gasteiger partial charge in [0.1, 0.15) is 5.82 Å². The molecule has 0 saturated heterocycles. The maximum absolute atomic E-state index is 9.54. The summed E-state index contributed by atoms with van der Waals surface area (Å²) >= 11 is 0. The molecule has 0 unspecified atom stereocenters. The third-order valence-corrected chi connectivity index (χ3v) is 3.83. The molecule has 1 heterocycles. The van der Waals surface area contributed by atoms with E-state index in [-0.39, 0.29) is 12.0 Å². The molecule has 0 bridgehead atoms. The molecule has 3 heteroatoms. The number of nitrogens with one attached hydrogen (secondary N) is 1. The number of nitrogens with zero attached hydrogens (tertiary/aromatic N) is 1. The highest BCUT2D eigenvalue weighted by Crippen LogP contribution is 2.43. The van der Waals surface area contributed by atoms with Crippen LogP contribution >= 0.6 is 0 Å². The summed E-state index contributed by atoms with van der Waals surface area (Å²) in [7, 11) is 0. The van der Waals surface area contributed by atoms with E-state index in [1.54, 1.807) is 0 Å². The van der Waals surface area contributed by atoms with Crippen molar-refractivity contribution in [1.29, 1.82) is 0 Å². The lowest BCUT2D eigenvalue weighted by molar-refractivity contribution is 0.120. The molecule has 3 rings (SSSR count). The van der Waals surface area contributed by atoms with Crippen molar-refractivity contribution in [3.63, 3.8) is 0 Å². The smallest absolute Gasteiger partial charge is 0.104 e. The molecule has 0 radical (unpaired) electrons. The third-order valence-electron chi connectivity index (χ3n) is 3.83. The summed E-state index contributed by atoms with van der Waals surface area (Å²) in [6.07, 6.45) is 3.42. The van der Waals surface area contributed by atoms with E-state index in [0.717, 1.165) is 29.7 Å². The predicted molar refractivity (Wildman–Crippen MR) is 63.4 cm³/mol. The lowest BCUT2D eigenvalue weighted by Gasteiger charge is -2.40. The number of H-pyrrole nitrogens is 1. The number of aliphatic hydroxyl groups is 1. The monoisotopic (exact) mass is 216 g/mol. The zero-order valence-corrected chi connectivity index (χ0v) is 9.45. The Hall–Kier alpha value is -1.35. The second kappa shape index (κ2) is 3.32. The summed E-state index contributed by atoms with van der Waals surface area (Å²) in [6, 6.07) is 6.30. The van der Waals surface area contributed by atoms with E-state index in [1.807, 2.05) is 13.0 Å². The van der Waals surface area contributed by atoms with E-state index in [9.17, 15) is 5.11 Å². The van der Waals surface area contributed by atoms with Crippen LogP contribution in [0.25, 0.3) is 11.0 Å². The summed E-state index contributed by atoms with van der Waals surface area (Å²) in [5.74, 6) is 0.943. The number of aliphatic hydroxyl groups excluding tert-OH is 1. The summed E-state index contributed by atoms with van der Waals surface area (Å²) in [4.78, 5) is 7.64. The number of imidazole rings is 1. The first-order valence-electron chi connectivity index (χ1n) is 5.81. The van der Waals surface area contributed by atoms with Crippen molar-refractivity contribution in [2.45, 2.75) is 31.6 Å². The van der Waals surface area contributed by atoms with Crippen LogP contribution in [0.15, 0.2) is 18.2 Å². The van der Waals surface area contributed by atoms with Gasteiger partial charge in [-0.2, -0.15) is 0 Å². The Bertz CT molecular complexity index is 520. The van der Waals surface area contributed by atoms with Crippen LogP contribution in [0.5, 0.6) is 0 Å². The second-order valence-corrected chi connectivity index (χ2v) is 4.85. The Morgan fingerprint density at radius 1 is 1.44 bits per heavy atom. The van der Waals surface area contributed by atoms with Crippen LogP contribution in [-0.2, 0) is 5.41 Å². The van der Waals surface area contributed by atoms with Gasteiger partial charge >= 0.3 is 0 Å². The Balaban J connectivity index is 2.10. The molecule has 0 amide bonds. The molecular weight excluding hydrogens is 200 g/mol. The van der Waals surface area contributed by atoms with E-state index in [2.05, 4.69) is 22.1 Å². The van der Waals surface area contributed by atoms with Crippen molar-refractivity contribution < 1.29 is 5.11 Å². The van der Waals surface area contributed by atoms with E-state index in [4.69, 9.17) is 0 Å². The van der Waals surface area contributed by atoms with Crippen molar-refractivity contribution in [2.24, 2.45) is 0 Å². The van der Waals surface area contributed by atoms with Gasteiger partial charge in [0.15, 0.2) is 0 Å². The highest BCUT2D eigenvalue weighted by molar-refractivity contribution is 5.76. The molecule has 1 fully saturated rings. The fourth-order valence-electron chi connectivity index (χ4n) is 2.61. The number of hydrogen-bond acceptors (Lipinski definition) is 2. The Morgan fingerprint density at radius 3 is 2.88 bits per heavy atom. The number of aryl methyl sites for hydroxylation is 1. The first kappa shape index (κ1) is 9.85. The predicted octanol–water partition coefficient (Wildman–Crippen LogP) is 2.29. The molecule has 1 aliphatic carbocycles. The lowest BCUT2D eigenvalue weighted by Crippen LogP contribution is -2.37. The lowest BCUT2D eigenvalue weighted by atomic mass is 9.65. The van der Waals surface area contributed by atoms with Crippen LogP contribution in [0.4, 0.5) is 0 Å². The number of benzene rings is 1. The largest absolute Gasteiger partial charge is 0.395 e. The van der Waals surface area contributed by atoms with Gasteiger partial charge in [0, 0.05) is 5.41 Å². The standard InChI is InChI=1S/C13H16N2O/c1-9-14-11-4-3-10(7-12(11)15-9)13(8-16)5-2-6-13/h3-4,7,16H,2,5-6,8H2,1H3,(H,14,15). The van der Waals surface area contributed by atoms with E-state index in [0.29, 0.717) is 0 Å². The highest BCUT2D eigenvalue weighted by atomic mass is 16.3. The molecule has 1 aliphatic rings. The highest BCUT2D eigenvalue weighted by Gasteiger charge is 2.38. The minimum absolute atomic E-state index is 0.0210. The second-order valence-electron chi connectivity index (χ2n) is 4.85. The fraction of sp³-hybridized carbons (Fsp3) is 0.462. The van der Waals surface area contributed by atoms with Crippen molar-refractivity contribution in [1.82, 2.24) is 9.97 Å². The van der Waals surface area contributed by atoms with Gasteiger partial charge in [0.05, 0.1) is 17.6 Å². The maximum atomic E-state index is 9.54. The van der Waals surface area contributed by atoms with Crippen LogP contribution in [0, 0.1) is 6.92 Å². The average molecular weight is 216 g/mol. The fourth-order valence-corrected chi connectivity index (χ4v) is 2.61. The van der Waals surface area contributed by atoms with Crippen LogP contribution in [0.3, 0.4) is 0 Å². The van der Waals surface area contributed by atoms with Gasteiger partial charge in [0.25, 0.3) is 0 Å². The third kappa shape index (κ3) is 1.28. The number of rotatable bonds is 2. The van der Waals surface area contributed by atoms with Gasteiger partial charge < -0.3 is 10.1 Å². The summed E-state index contributed by atoms with van der Waals surface area (Å²) in [5.41, 5.74) is 3.36. The zero-order chi connectivity index (χ0) is 11.2. The van der Waals surface area contributed by atoms with Gasteiger partial charge in [-0.3, -0.25) is 0 Å². The molecule has 0 atom stereocenters. The first-order valence-corrected chi connectivity index (χ1v) is 5.81. The summed E-state index contributed by atoms with van der Waals surface area (Å²) < 4.78 is 0. The minimum Gasteiger partial charge on any atom is -0.395 e. The van der Waals surface area contributed by atoms with E-state index >= 15 is 0 Å². The van der Waals surface area contributed by atoms with Gasteiger partial charge in [-0.25, -0.2) is 4.98 Å². The van der Waals surface area contributed by atoms with Gasteiger partial charge in [-0.05, 0) is 37.5 Å². The molecule has 1 saturated carbocycles. The summed E-state index contributed by atoms with van der Waals surface area (Å²) in [6.45, 7) is 2.22. The molecule has 3 nitrogen and oxygen atoms in total. The molecule has 0 spiro atoms. The van der Waals surface area contributed by atoms with Crippen LogP contribution in [0.1, 0.15) is 30.7 Å². The Labute approximate surface area is 94.5 Å². The first-order chi connectivity index (χ1) is 7.73. The van der Waals surface area contributed by atoms with Crippen molar-refractivity contribution >= 4 is 11.0 Å². The zero-order valence-electron chi connectivity index (χ0n) is 9.45. The molecular formula is C13H16N2O. The normalized spacial score (nSPS) is 18.6. The Morgan fingerprint density at radius 2 is 2.25 bits per heavy atom. The quantitative estimate of drug-likeness (QED) is 0.809. The average Bonchev–Trinajstić information content (AvgIpc) is 2.56. The molecule has 84 valence electrons. The maximum Gasteiger partial charge on any atom is 0.104 e. The molecule has 16 heavy (non-hydrogen) atoms. The molecule has 0 aliphatic heterocycles. The molecule has 1 aromatic carbocycles. The van der Waals surface area contributed by atoms with Gasteiger partial charge in [-0.1, -0.05) is 12.5 Å². The number of aromatic amines is 1. The van der Waals surface area contributed by atoms with Crippen LogP contribution in [0.2, 0.25) is 0 Å². The molecule has 1 aromatic heterocycles. The van der Waals surface area contributed by atoms with Gasteiger partial charge in [0.2, 0.25) is 0 Å². The van der Waals surface area contributed by atoms with E-state index < -0.39 is 0 Å². The van der Waals surface area contributed by atoms with Gasteiger partial charge in [-0.15, -0.1) is 0 Å². The molecule has 2 N–H and O–H groups in total.